The van der Waals surface area contributed by atoms with Crippen molar-refractivity contribution in [3.05, 3.63) is 0 Å². The second-order valence-electron chi connectivity index (χ2n) is 3.44. The van der Waals surface area contributed by atoms with Gasteiger partial charge in [-0.05, 0) is 32.9 Å². The molecule has 0 bridgehead atoms. The molecule has 0 aromatic carbocycles. The van der Waals surface area contributed by atoms with Gasteiger partial charge in [-0.25, -0.2) is 8.78 Å². The van der Waals surface area contributed by atoms with Crippen LogP contribution in [0.5, 0.6) is 0 Å². The molecule has 0 aromatic rings. The third-order valence-electron chi connectivity index (χ3n) is 2.06. The first-order chi connectivity index (χ1) is 5.49. The summed E-state index contributed by atoms with van der Waals surface area (Å²) in [5.41, 5.74) is 0. The molecule has 0 aromatic heterocycles. The predicted molar refractivity (Wildman–Crippen MR) is 47.6 cm³/mol. The molecule has 1 N–H and O–H groups in total. The van der Waals surface area contributed by atoms with E-state index in [9.17, 15) is 8.78 Å². The zero-order chi connectivity index (χ0) is 9.61. The highest BCUT2D eigenvalue weighted by molar-refractivity contribution is 4.65. The van der Waals surface area contributed by atoms with Crippen molar-refractivity contribution in [3.63, 3.8) is 0 Å². The summed E-state index contributed by atoms with van der Waals surface area (Å²) >= 11 is 0. The molecule has 0 saturated heterocycles. The van der Waals surface area contributed by atoms with Crippen LogP contribution in [0.15, 0.2) is 0 Å². The summed E-state index contributed by atoms with van der Waals surface area (Å²) in [5, 5.41) is 3.01. The van der Waals surface area contributed by atoms with Crippen molar-refractivity contribution in [3.8, 4) is 0 Å². The second kappa shape index (κ2) is 5.46. The summed E-state index contributed by atoms with van der Waals surface area (Å²) in [5.74, 6) is -2.11. The molecule has 0 saturated carbocycles. The molecule has 1 unspecified atom stereocenters. The van der Waals surface area contributed by atoms with Crippen molar-refractivity contribution in [2.24, 2.45) is 5.92 Å². The zero-order valence-corrected chi connectivity index (χ0v) is 8.16. The van der Waals surface area contributed by atoms with E-state index in [1.165, 1.54) is 0 Å². The minimum Gasteiger partial charge on any atom is -0.319 e. The van der Waals surface area contributed by atoms with Crippen LogP contribution in [-0.2, 0) is 0 Å². The Morgan fingerprint density at radius 1 is 1.42 bits per heavy atom. The lowest BCUT2D eigenvalue weighted by molar-refractivity contribution is 0.00657. The van der Waals surface area contributed by atoms with E-state index in [4.69, 9.17) is 0 Å². The Morgan fingerprint density at radius 2 is 2.00 bits per heavy atom. The van der Waals surface area contributed by atoms with E-state index in [2.05, 4.69) is 5.32 Å². The van der Waals surface area contributed by atoms with Crippen molar-refractivity contribution >= 4 is 0 Å². The quantitative estimate of drug-likeness (QED) is 0.661. The molecule has 0 radical (unpaired) electrons. The first-order valence-electron chi connectivity index (χ1n) is 4.52. The number of hydrogen-bond acceptors (Lipinski definition) is 1. The molecule has 12 heavy (non-hydrogen) atoms. The molecular formula is C9H19F2N. The van der Waals surface area contributed by atoms with Crippen LogP contribution in [0.2, 0.25) is 0 Å². The smallest absolute Gasteiger partial charge is 0.245 e. The highest BCUT2D eigenvalue weighted by Gasteiger charge is 2.22. The molecule has 0 aliphatic rings. The minimum atomic E-state index is -2.50. The van der Waals surface area contributed by atoms with E-state index in [0.29, 0.717) is 12.3 Å². The van der Waals surface area contributed by atoms with Gasteiger partial charge in [-0.2, -0.15) is 0 Å². The highest BCUT2D eigenvalue weighted by Crippen LogP contribution is 2.22. The van der Waals surface area contributed by atoms with E-state index in [-0.39, 0.29) is 6.42 Å². The van der Waals surface area contributed by atoms with Gasteiger partial charge < -0.3 is 5.32 Å². The molecule has 3 heteroatoms. The second-order valence-corrected chi connectivity index (χ2v) is 3.44. The predicted octanol–water partition coefficient (Wildman–Crippen LogP) is 2.67. The van der Waals surface area contributed by atoms with Gasteiger partial charge in [-0.1, -0.05) is 13.3 Å². The highest BCUT2D eigenvalue weighted by atomic mass is 19.3. The van der Waals surface area contributed by atoms with E-state index in [1.54, 1.807) is 0 Å². The molecule has 0 fully saturated rings. The van der Waals surface area contributed by atoms with E-state index >= 15 is 0 Å². The van der Waals surface area contributed by atoms with Gasteiger partial charge in [0.05, 0.1) is 0 Å². The number of rotatable bonds is 6. The van der Waals surface area contributed by atoms with Crippen molar-refractivity contribution in [2.45, 2.75) is 39.0 Å². The third-order valence-corrected chi connectivity index (χ3v) is 2.06. The SMILES string of the molecule is CCC(CCC(C)(F)F)CNC. The van der Waals surface area contributed by atoms with E-state index < -0.39 is 5.92 Å². The van der Waals surface area contributed by atoms with Crippen molar-refractivity contribution in [1.82, 2.24) is 5.32 Å². The first kappa shape index (κ1) is 11.8. The molecule has 1 atom stereocenters. The van der Waals surface area contributed by atoms with Gasteiger partial charge in [0.15, 0.2) is 0 Å². The van der Waals surface area contributed by atoms with Gasteiger partial charge in [0, 0.05) is 6.42 Å². The monoisotopic (exact) mass is 179 g/mol. The van der Waals surface area contributed by atoms with Crippen LogP contribution in [0.4, 0.5) is 8.78 Å². The van der Waals surface area contributed by atoms with Gasteiger partial charge >= 0.3 is 0 Å². The summed E-state index contributed by atoms with van der Waals surface area (Å²) in [4.78, 5) is 0. The van der Waals surface area contributed by atoms with E-state index in [1.807, 2.05) is 14.0 Å². The average Bonchev–Trinajstić information content (AvgIpc) is 1.96. The van der Waals surface area contributed by atoms with Gasteiger partial charge in [-0.3, -0.25) is 0 Å². The van der Waals surface area contributed by atoms with Crippen LogP contribution in [0.25, 0.3) is 0 Å². The van der Waals surface area contributed by atoms with Crippen LogP contribution in [0.1, 0.15) is 33.1 Å². The largest absolute Gasteiger partial charge is 0.319 e. The summed E-state index contributed by atoms with van der Waals surface area (Å²) in [7, 11) is 1.85. The van der Waals surface area contributed by atoms with Gasteiger partial charge in [0.2, 0.25) is 5.92 Å². The summed E-state index contributed by atoms with van der Waals surface area (Å²) in [6.45, 7) is 3.86. The maximum atomic E-state index is 12.4. The Balaban J connectivity index is 3.58. The topological polar surface area (TPSA) is 12.0 Å². The zero-order valence-electron chi connectivity index (χ0n) is 8.16. The molecule has 0 spiro atoms. The normalized spacial score (nSPS) is 14.8. The van der Waals surface area contributed by atoms with Gasteiger partial charge in [0.25, 0.3) is 0 Å². The Kier molecular flexibility index (Phi) is 5.38. The molecular weight excluding hydrogens is 160 g/mol. The fourth-order valence-corrected chi connectivity index (χ4v) is 1.20. The van der Waals surface area contributed by atoms with Crippen LogP contribution >= 0.6 is 0 Å². The Labute approximate surface area is 73.5 Å². The molecule has 0 amide bonds. The fraction of sp³-hybridized carbons (Fsp3) is 1.00. The Hall–Kier alpha value is -0.180. The summed E-state index contributed by atoms with van der Waals surface area (Å²) in [6.07, 6.45) is 1.59. The third kappa shape index (κ3) is 6.53. The van der Waals surface area contributed by atoms with Crippen molar-refractivity contribution < 1.29 is 8.78 Å². The lowest BCUT2D eigenvalue weighted by Gasteiger charge is -2.16. The number of nitrogens with one attached hydrogen (secondary N) is 1. The first-order valence-corrected chi connectivity index (χ1v) is 4.52. The van der Waals surface area contributed by atoms with Crippen molar-refractivity contribution in [2.75, 3.05) is 13.6 Å². The minimum absolute atomic E-state index is 0.00713. The molecule has 0 aliphatic carbocycles. The average molecular weight is 179 g/mol. The standard InChI is InChI=1S/C9H19F2N/c1-4-8(7-12-3)5-6-9(2,10)11/h8,12H,4-7H2,1-3H3. The van der Waals surface area contributed by atoms with Crippen molar-refractivity contribution in [1.29, 1.82) is 0 Å². The van der Waals surface area contributed by atoms with Crippen LogP contribution in [0, 0.1) is 5.92 Å². The van der Waals surface area contributed by atoms with Crippen LogP contribution in [-0.4, -0.2) is 19.5 Å². The molecule has 0 aliphatic heterocycles. The van der Waals surface area contributed by atoms with E-state index in [0.717, 1.165) is 19.9 Å². The Bertz CT molecular complexity index is 110. The summed E-state index contributed by atoms with van der Waals surface area (Å²) < 4.78 is 24.9. The number of alkyl halides is 2. The van der Waals surface area contributed by atoms with Gasteiger partial charge in [0.1, 0.15) is 0 Å². The number of halogens is 2. The fourth-order valence-electron chi connectivity index (χ4n) is 1.20. The lowest BCUT2D eigenvalue weighted by atomic mass is 9.98. The molecule has 1 nitrogen and oxygen atoms in total. The lowest BCUT2D eigenvalue weighted by Crippen LogP contribution is -2.20. The van der Waals surface area contributed by atoms with Gasteiger partial charge in [-0.15, -0.1) is 0 Å². The Morgan fingerprint density at radius 3 is 2.33 bits per heavy atom. The maximum absolute atomic E-state index is 12.4. The molecule has 0 rings (SSSR count). The van der Waals surface area contributed by atoms with Crippen LogP contribution < -0.4 is 5.32 Å². The molecule has 0 heterocycles. The summed E-state index contributed by atoms with van der Waals surface area (Å²) in [6, 6.07) is 0. The number of hydrogen-bond donors (Lipinski definition) is 1. The molecule has 74 valence electrons. The maximum Gasteiger partial charge on any atom is 0.245 e. The van der Waals surface area contributed by atoms with Crippen LogP contribution in [0.3, 0.4) is 0 Å².